The number of amides is 1. The zero-order valence-corrected chi connectivity index (χ0v) is 12.9. The van der Waals surface area contributed by atoms with Crippen molar-refractivity contribution >= 4 is 23.2 Å². The minimum absolute atomic E-state index is 0.230. The van der Waals surface area contributed by atoms with Crippen molar-refractivity contribution in [2.75, 3.05) is 5.32 Å². The number of nitrogens with zero attached hydrogens (tertiary/aromatic N) is 2. The van der Waals surface area contributed by atoms with Crippen LogP contribution in [0.25, 0.3) is 0 Å². The zero-order chi connectivity index (χ0) is 14.9. The topological polar surface area (TPSA) is 46.9 Å². The van der Waals surface area contributed by atoms with Crippen LogP contribution < -0.4 is 5.32 Å². The number of aryl methyl sites for hydroxylation is 3. The molecule has 0 aliphatic carbocycles. The minimum atomic E-state index is -0.230. The van der Waals surface area contributed by atoms with Gasteiger partial charge in [0.15, 0.2) is 0 Å². The van der Waals surface area contributed by atoms with Gasteiger partial charge in [0.1, 0.15) is 5.69 Å². The fraction of sp³-hybridized carbons (Fsp3) is 0.333. The highest BCUT2D eigenvalue weighted by Gasteiger charge is 2.20. The van der Waals surface area contributed by atoms with E-state index in [1.807, 2.05) is 39.0 Å². The molecule has 5 heteroatoms. The maximum atomic E-state index is 12.4. The Bertz CT molecular complexity index is 661. The molecule has 20 heavy (non-hydrogen) atoms. The Hall–Kier alpha value is -1.81. The van der Waals surface area contributed by atoms with Gasteiger partial charge in [-0.05, 0) is 44.9 Å². The molecule has 0 fully saturated rings. The first-order valence-electron chi connectivity index (χ1n) is 6.56. The molecule has 1 N–H and O–H groups in total. The lowest BCUT2D eigenvalue weighted by atomic mass is 10.1. The molecule has 1 amide bonds. The third-order valence-electron chi connectivity index (χ3n) is 3.42. The smallest absolute Gasteiger partial charge is 0.275 e. The van der Waals surface area contributed by atoms with E-state index in [0.29, 0.717) is 23.0 Å². The first kappa shape index (κ1) is 14.6. The molecule has 0 bridgehead atoms. The number of hydrogen-bond acceptors (Lipinski definition) is 2. The molecule has 1 aromatic heterocycles. The molecule has 0 radical (unpaired) electrons. The summed E-state index contributed by atoms with van der Waals surface area (Å²) in [6.07, 6.45) is 0. The van der Waals surface area contributed by atoms with E-state index < -0.39 is 0 Å². The molecule has 0 unspecified atom stereocenters. The van der Waals surface area contributed by atoms with Crippen LogP contribution >= 0.6 is 11.6 Å². The van der Waals surface area contributed by atoms with E-state index in [1.165, 1.54) is 0 Å². The van der Waals surface area contributed by atoms with Gasteiger partial charge in [0.2, 0.25) is 0 Å². The van der Waals surface area contributed by atoms with Crippen molar-refractivity contribution in [1.29, 1.82) is 0 Å². The van der Waals surface area contributed by atoms with Crippen molar-refractivity contribution in [3.8, 4) is 0 Å². The molecule has 0 saturated heterocycles. The summed E-state index contributed by atoms with van der Waals surface area (Å²) < 4.78 is 1.62. The zero-order valence-electron chi connectivity index (χ0n) is 12.1. The van der Waals surface area contributed by atoms with E-state index in [1.54, 1.807) is 11.6 Å². The first-order chi connectivity index (χ1) is 9.45. The number of halogens is 1. The lowest BCUT2D eigenvalue weighted by Crippen LogP contribution is -2.18. The molecule has 2 rings (SSSR count). The van der Waals surface area contributed by atoms with Crippen LogP contribution in [-0.2, 0) is 6.54 Å². The normalized spacial score (nSPS) is 10.7. The largest absolute Gasteiger partial charge is 0.320 e. The number of carbonyl (C=O) groups is 1. The Morgan fingerprint density at radius 1 is 1.35 bits per heavy atom. The van der Waals surface area contributed by atoms with Gasteiger partial charge in [-0.2, -0.15) is 5.10 Å². The average Bonchev–Trinajstić information content (AvgIpc) is 2.70. The lowest BCUT2D eigenvalue weighted by molar-refractivity contribution is 0.101. The number of benzene rings is 1. The van der Waals surface area contributed by atoms with Gasteiger partial charge < -0.3 is 5.32 Å². The van der Waals surface area contributed by atoms with Crippen molar-refractivity contribution in [2.24, 2.45) is 0 Å². The molecule has 0 aliphatic heterocycles. The predicted molar refractivity (Wildman–Crippen MR) is 81.5 cm³/mol. The molecule has 0 aliphatic rings. The van der Waals surface area contributed by atoms with Crippen LogP contribution in [0.5, 0.6) is 0 Å². The summed E-state index contributed by atoms with van der Waals surface area (Å²) in [5.41, 5.74) is 4.06. The summed E-state index contributed by atoms with van der Waals surface area (Å²) >= 11 is 6.18. The van der Waals surface area contributed by atoms with E-state index in [9.17, 15) is 4.79 Å². The van der Waals surface area contributed by atoms with Crippen molar-refractivity contribution in [1.82, 2.24) is 9.78 Å². The number of anilines is 1. The SMILES string of the molecule is CCn1nc(C)c(Cl)c1C(=O)Nc1cccc(C)c1C. The highest BCUT2D eigenvalue weighted by Crippen LogP contribution is 2.23. The van der Waals surface area contributed by atoms with Gasteiger partial charge in [-0.1, -0.05) is 23.7 Å². The van der Waals surface area contributed by atoms with Crippen LogP contribution in [0, 0.1) is 20.8 Å². The number of carbonyl (C=O) groups excluding carboxylic acids is 1. The molecular formula is C15H18ClN3O. The third kappa shape index (κ3) is 2.56. The van der Waals surface area contributed by atoms with E-state index in [-0.39, 0.29) is 5.91 Å². The van der Waals surface area contributed by atoms with Gasteiger partial charge >= 0.3 is 0 Å². The monoisotopic (exact) mass is 291 g/mol. The summed E-state index contributed by atoms with van der Waals surface area (Å²) in [6.45, 7) is 8.32. The number of aromatic nitrogens is 2. The number of nitrogens with one attached hydrogen (secondary N) is 1. The summed E-state index contributed by atoms with van der Waals surface area (Å²) in [4.78, 5) is 12.4. The van der Waals surface area contributed by atoms with Crippen LogP contribution in [0.1, 0.15) is 34.2 Å². The standard InChI is InChI=1S/C15H18ClN3O/c1-5-19-14(13(16)11(4)18-19)15(20)17-12-8-6-7-9(2)10(12)3/h6-8H,5H2,1-4H3,(H,17,20). The van der Waals surface area contributed by atoms with Gasteiger partial charge in [0.25, 0.3) is 5.91 Å². The maximum Gasteiger partial charge on any atom is 0.275 e. The van der Waals surface area contributed by atoms with Crippen LogP contribution in [0.15, 0.2) is 18.2 Å². The van der Waals surface area contributed by atoms with E-state index in [2.05, 4.69) is 10.4 Å². The lowest BCUT2D eigenvalue weighted by Gasteiger charge is -2.11. The Balaban J connectivity index is 2.36. The quantitative estimate of drug-likeness (QED) is 0.936. The molecule has 1 aromatic carbocycles. The Kier molecular flexibility index (Phi) is 4.14. The molecule has 0 saturated carbocycles. The minimum Gasteiger partial charge on any atom is -0.320 e. The van der Waals surface area contributed by atoms with Gasteiger partial charge in [-0.15, -0.1) is 0 Å². The summed E-state index contributed by atoms with van der Waals surface area (Å²) in [5, 5.41) is 7.58. The van der Waals surface area contributed by atoms with Crippen molar-refractivity contribution < 1.29 is 4.79 Å². The van der Waals surface area contributed by atoms with Crippen molar-refractivity contribution in [2.45, 2.75) is 34.2 Å². The van der Waals surface area contributed by atoms with Crippen LogP contribution in [0.2, 0.25) is 5.02 Å². The second-order valence-corrected chi connectivity index (χ2v) is 5.14. The highest BCUT2D eigenvalue weighted by atomic mass is 35.5. The van der Waals surface area contributed by atoms with Gasteiger partial charge in [0.05, 0.1) is 10.7 Å². The molecule has 1 heterocycles. The molecule has 0 spiro atoms. The molecule has 0 atom stereocenters. The maximum absolute atomic E-state index is 12.4. The third-order valence-corrected chi connectivity index (χ3v) is 3.87. The van der Waals surface area contributed by atoms with Gasteiger partial charge in [-0.25, -0.2) is 0 Å². The van der Waals surface area contributed by atoms with Crippen LogP contribution in [0.4, 0.5) is 5.69 Å². The fourth-order valence-electron chi connectivity index (χ4n) is 2.07. The first-order valence-corrected chi connectivity index (χ1v) is 6.94. The van der Waals surface area contributed by atoms with Crippen LogP contribution in [-0.4, -0.2) is 15.7 Å². The van der Waals surface area contributed by atoms with E-state index in [4.69, 9.17) is 11.6 Å². The number of hydrogen-bond donors (Lipinski definition) is 1. The predicted octanol–water partition coefficient (Wildman–Crippen LogP) is 3.73. The molecule has 4 nitrogen and oxygen atoms in total. The fourth-order valence-corrected chi connectivity index (χ4v) is 2.29. The van der Waals surface area contributed by atoms with Crippen LogP contribution in [0.3, 0.4) is 0 Å². The second kappa shape index (κ2) is 5.67. The number of rotatable bonds is 3. The Morgan fingerprint density at radius 2 is 2.05 bits per heavy atom. The van der Waals surface area contributed by atoms with Gasteiger partial charge in [-0.3, -0.25) is 9.48 Å². The Labute approximate surface area is 123 Å². The summed E-state index contributed by atoms with van der Waals surface area (Å²) in [7, 11) is 0. The Morgan fingerprint density at radius 3 is 2.70 bits per heavy atom. The van der Waals surface area contributed by atoms with E-state index in [0.717, 1.165) is 16.8 Å². The van der Waals surface area contributed by atoms with Crippen molar-refractivity contribution in [3.05, 3.63) is 45.7 Å². The summed E-state index contributed by atoms with van der Waals surface area (Å²) in [5.74, 6) is -0.230. The molecular weight excluding hydrogens is 274 g/mol. The summed E-state index contributed by atoms with van der Waals surface area (Å²) in [6, 6.07) is 5.81. The second-order valence-electron chi connectivity index (χ2n) is 4.77. The van der Waals surface area contributed by atoms with E-state index >= 15 is 0 Å². The van der Waals surface area contributed by atoms with Crippen molar-refractivity contribution in [3.63, 3.8) is 0 Å². The van der Waals surface area contributed by atoms with Gasteiger partial charge in [0, 0.05) is 12.2 Å². The average molecular weight is 292 g/mol. The molecule has 106 valence electrons. The highest BCUT2D eigenvalue weighted by molar-refractivity contribution is 6.34. The molecule has 2 aromatic rings.